The molecular weight excluding hydrogens is 290 g/mol. The normalized spacial score (nSPS) is 15.3. The van der Waals surface area contributed by atoms with Crippen LogP contribution in [-0.4, -0.2) is 48.0 Å². The molecule has 3 N–H and O–H groups in total. The molecule has 1 aromatic rings. The van der Waals surface area contributed by atoms with Gasteiger partial charge in [-0.3, -0.25) is 0 Å². The molecule has 1 aliphatic heterocycles. The van der Waals surface area contributed by atoms with Crippen molar-refractivity contribution in [1.29, 1.82) is 0 Å². The molecule has 0 saturated carbocycles. The van der Waals surface area contributed by atoms with Crippen LogP contribution in [-0.2, 0) is 4.74 Å². The number of alkyl carbamates (subject to hydrolysis) is 1. The van der Waals surface area contributed by atoms with Gasteiger partial charge in [0.15, 0.2) is 0 Å². The molecule has 0 radical (unpaired) electrons. The molecule has 1 aliphatic rings. The maximum atomic E-state index is 13.5. The largest absolute Gasteiger partial charge is 0.488 e. The molecule has 1 heterocycles. The number of ether oxygens (including phenoxy) is 1. The number of benzene rings is 1. The van der Waals surface area contributed by atoms with Gasteiger partial charge in [0.1, 0.15) is 11.4 Å². The zero-order chi connectivity index (χ0) is 16.5. The van der Waals surface area contributed by atoms with E-state index in [9.17, 15) is 9.18 Å². The number of halogens is 1. The van der Waals surface area contributed by atoms with Crippen molar-refractivity contribution in [3.63, 3.8) is 0 Å². The van der Waals surface area contributed by atoms with Gasteiger partial charge in [-0.15, -0.1) is 0 Å². The summed E-state index contributed by atoms with van der Waals surface area (Å²) in [7, 11) is -1.72. The lowest BCUT2D eigenvalue weighted by molar-refractivity contribution is 0.0496. The standard InChI is InChI=1S/C14H20BFN2O4/c1-14(2,3)22-13(19)17-11-7-18(8-11)12-5-9(15(20)21)4-10(16)6-12/h4-6,11,20-21H,7-8H2,1-3H3,(H,17,19). The maximum Gasteiger partial charge on any atom is 0.488 e. The molecule has 120 valence electrons. The summed E-state index contributed by atoms with van der Waals surface area (Å²) in [6.45, 7) is 6.36. The van der Waals surface area contributed by atoms with E-state index in [0.29, 0.717) is 18.8 Å². The van der Waals surface area contributed by atoms with E-state index in [0.717, 1.165) is 6.07 Å². The van der Waals surface area contributed by atoms with Crippen molar-refractivity contribution in [3.05, 3.63) is 24.0 Å². The van der Waals surface area contributed by atoms with Crippen LogP contribution in [0.2, 0.25) is 0 Å². The summed E-state index contributed by atoms with van der Waals surface area (Å²) in [4.78, 5) is 13.5. The number of anilines is 1. The first kappa shape index (κ1) is 16.6. The molecule has 6 nitrogen and oxygen atoms in total. The summed E-state index contributed by atoms with van der Waals surface area (Å²) < 4.78 is 18.6. The summed E-state index contributed by atoms with van der Waals surface area (Å²) >= 11 is 0. The summed E-state index contributed by atoms with van der Waals surface area (Å²) in [5.41, 5.74) is 0.0892. The van der Waals surface area contributed by atoms with E-state index in [1.807, 2.05) is 4.90 Å². The van der Waals surface area contributed by atoms with Gasteiger partial charge >= 0.3 is 13.2 Å². The smallest absolute Gasteiger partial charge is 0.444 e. The number of carbonyl (C=O) groups excluding carboxylic acids is 1. The molecular formula is C14H20BFN2O4. The lowest BCUT2D eigenvalue weighted by atomic mass is 9.80. The van der Waals surface area contributed by atoms with Gasteiger partial charge in [0.2, 0.25) is 0 Å². The van der Waals surface area contributed by atoms with Gasteiger partial charge in [-0.25, -0.2) is 9.18 Å². The van der Waals surface area contributed by atoms with Crippen LogP contribution in [0, 0.1) is 5.82 Å². The SMILES string of the molecule is CC(C)(C)OC(=O)NC1CN(c2cc(F)cc(B(O)O)c2)C1. The number of nitrogens with zero attached hydrogens (tertiary/aromatic N) is 1. The lowest BCUT2D eigenvalue weighted by Gasteiger charge is -2.41. The second kappa shape index (κ2) is 6.14. The van der Waals surface area contributed by atoms with E-state index in [1.165, 1.54) is 12.1 Å². The van der Waals surface area contributed by atoms with E-state index < -0.39 is 24.6 Å². The van der Waals surface area contributed by atoms with Gasteiger partial charge < -0.3 is 25.0 Å². The topological polar surface area (TPSA) is 82.0 Å². The van der Waals surface area contributed by atoms with E-state index in [1.54, 1.807) is 20.8 Å². The van der Waals surface area contributed by atoms with Crippen LogP contribution in [0.25, 0.3) is 0 Å². The van der Waals surface area contributed by atoms with E-state index >= 15 is 0 Å². The van der Waals surface area contributed by atoms with Crippen LogP contribution >= 0.6 is 0 Å². The van der Waals surface area contributed by atoms with Gasteiger partial charge in [-0.05, 0) is 44.4 Å². The number of rotatable bonds is 3. The van der Waals surface area contributed by atoms with Gasteiger partial charge in [-0.1, -0.05) is 0 Å². The minimum absolute atomic E-state index is 0.0828. The number of nitrogens with one attached hydrogen (secondary N) is 1. The summed E-state index contributed by atoms with van der Waals surface area (Å²) in [5.74, 6) is -0.538. The molecule has 0 aliphatic carbocycles. The van der Waals surface area contributed by atoms with Crippen LogP contribution in [0.15, 0.2) is 18.2 Å². The molecule has 1 fully saturated rings. The molecule has 22 heavy (non-hydrogen) atoms. The Morgan fingerprint density at radius 1 is 1.36 bits per heavy atom. The highest BCUT2D eigenvalue weighted by Gasteiger charge is 2.30. The van der Waals surface area contributed by atoms with Gasteiger partial charge in [-0.2, -0.15) is 0 Å². The molecule has 8 heteroatoms. The Kier molecular flexibility index (Phi) is 4.62. The second-order valence-electron chi connectivity index (χ2n) is 6.36. The van der Waals surface area contributed by atoms with Crippen molar-refractivity contribution in [2.45, 2.75) is 32.4 Å². The van der Waals surface area contributed by atoms with E-state index in [4.69, 9.17) is 14.8 Å². The molecule has 0 bridgehead atoms. The van der Waals surface area contributed by atoms with Crippen molar-refractivity contribution < 1.29 is 24.0 Å². The summed E-state index contributed by atoms with van der Waals surface area (Å²) in [6.07, 6.45) is -0.483. The first-order chi connectivity index (χ1) is 10.1. The molecule has 0 atom stereocenters. The average Bonchev–Trinajstić information content (AvgIpc) is 2.30. The molecule has 1 saturated heterocycles. The van der Waals surface area contributed by atoms with Crippen LogP contribution in [0.1, 0.15) is 20.8 Å². The highest BCUT2D eigenvalue weighted by atomic mass is 19.1. The maximum absolute atomic E-state index is 13.5. The van der Waals surface area contributed by atoms with Crippen LogP contribution in [0.4, 0.5) is 14.9 Å². The fourth-order valence-electron chi connectivity index (χ4n) is 2.18. The zero-order valence-electron chi connectivity index (χ0n) is 12.8. The lowest BCUT2D eigenvalue weighted by Crippen LogP contribution is -2.60. The first-order valence-corrected chi connectivity index (χ1v) is 7.05. The van der Waals surface area contributed by atoms with Gasteiger partial charge in [0.05, 0.1) is 6.04 Å². The number of amides is 1. The molecule has 0 unspecified atom stereocenters. The van der Waals surface area contributed by atoms with Crippen molar-refractivity contribution in [2.24, 2.45) is 0 Å². The van der Waals surface area contributed by atoms with Gasteiger partial charge in [0, 0.05) is 18.8 Å². The molecule has 0 spiro atoms. The molecule has 1 aromatic carbocycles. The van der Waals surface area contributed by atoms with Crippen molar-refractivity contribution in [3.8, 4) is 0 Å². The molecule has 1 amide bonds. The van der Waals surface area contributed by atoms with Crippen LogP contribution < -0.4 is 15.7 Å². The summed E-state index contributed by atoms with van der Waals surface area (Å²) in [5, 5.41) is 21.0. The third-order valence-corrected chi connectivity index (χ3v) is 3.17. The predicted molar refractivity (Wildman–Crippen MR) is 81.6 cm³/mol. The Labute approximate surface area is 129 Å². The number of carbonyl (C=O) groups is 1. The van der Waals surface area contributed by atoms with E-state index in [2.05, 4.69) is 5.32 Å². The average molecular weight is 310 g/mol. The minimum Gasteiger partial charge on any atom is -0.444 e. The number of hydrogen-bond acceptors (Lipinski definition) is 5. The first-order valence-electron chi connectivity index (χ1n) is 7.05. The van der Waals surface area contributed by atoms with Crippen molar-refractivity contribution in [1.82, 2.24) is 5.32 Å². The molecule has 2 rings (SSSR count). The fourth-order valence-corrected chi connectivity index (χ4v) is 2.18. The second-order valence-corrected chi connectivity index (χ2v) is 6.36. The molecule has 0 aromatic heterocycles. The summed E-state index contributed by atoms with van der Waals surface area (Å²) in [6, 6.07) is 3.82. The minimum atomic E-state index is -1.72. The predicted octanol–water partition coefficient (Wildman–Crippen LogP) is 0.219. The third-order valence-electron chi connectivity index (χ3n) is 3.17. The van der Waals surface area contributed by atoms with Gasteiger partial charge in [0.25, 0.3) is 0 Å². The highest BCUT2D eigenvalue weighted by Crippen LogP contribution is 2.21. The van der Waals surface area contributed by atoms with Crippen molar-refractivity contribution >= 4 is 24.4 Å². The van der Waals surface area contributed by atoms with Crippen LogP contribution in [0.5, 0.6) is 0 Å². The van der Waals surface area contributed by atoms with Crippen LogP contribution in [0.3, 0.4) is 0 Å². The Bertz CT molecular complexity index is 556. The fraction of sp³-hybridized carbons (Fsp3) is 0.500. The van der Waals surface area contributed by atoms with Crippen molar-refractivity contribution in [2.75, 3.05) is 18.0 Å². The Morgan fingerprint density at radius 3 is 2.55 bits per heavy atom. The third kappa shape index (κ3) is 4.35. The number of hydrogen-bond donors (Lipinski definition) is 3. The quantitative estimate of drug-likeness (QED) is 0.696. The zero-order valence-corrected chi connectivity index (χ0v) is 12.8. The Morgan fingerprint density at radius 2 is 2.00 bits per heavy atom. The van der Waals surface area contributed by atoms with E-state index in [-0.39, 0.29) is 11.5 Å². The Balaban J connectivity index is 1.90. The monoisotopic (exact) mass is 310 g/mol. The highest BCUT2D eigenvalue weighted by molar-refractivity contribution is 6.58. The Hall–Kier alpha value is -1.80.